The first-order valence-corrected chi connectivity index (χ1v) is 9.25. The molecule has 1 saturated heterocycles. The second-order valence-corrected chi connectivity index (χ2v) is 7.18. The quantitative estimate of drug-likeness (QED) is 0.752. The molecule has 2 aliphatic heterocycles. The molecule has 0 aromatic carbocycles. The third kappa shape index (κ3) is 3.72. The van der Waals surface area contributed by atoms with Crippen molar-refractivity contribution < 1.29 is 14.4 Å². The zero-order valence-electron chi connectivity index (χ0n) is 16.3. The Kier molecular flexibility index (Phi) is 5.29. The van der Waals surface area contributed by atoms with Crippen molar-refractivity contribution in [3.05, 3.63) is 17.1 Å². The molecule has 9 nitrogen and oxygen atoms in total. The van der Waals surface area contributed by atoms with E-state index in [9.17, 15) is 14.4 Å². The smallest absolute Gasteiger partial charge is 0.324 e. The van der Waals surface area contributed by atoms with Gasteiger partial charge in [-0.25, -0.2) is 14.8 Å². The van der Waals surface area contributed by atoms with Gasteiger partial charge >= 0.3 is 6.03 Å². The molecule has 1 atom stereocenters. The number of carbonyl (C=O) groups is 3. The summed E-state index contributed by atoms with van der Waals surface area (Å²) < 4.78 is 0. The number of hydrogen-bond donors (Lipinski definition) is 1. The Labute approximate surface area is 158 Å². The fourth-order valence-electron chi connectivity index (χ4n) is 3.57. The van der Waals surface area contributed by atoms with Crippen molar-refractivity contribution in [2.75, 3.05) is 32.1 Å². The first kappa shape index (κ1) is 19.1. The minimum Gasteiger partial charge on any atom is -0.362 e. The average molecular weight is 374 g/mol. The lowest BCUT2D eigenvalue weighted by Crippen LogP contribution is -2.42. The molecule has 1 N–H and O–H groups in total. The molecule has 0 bridgehead atoms. The highest BCUT2D eigenvalue weighted by Crippen LogP contribution is 2.26. The van der Waals surface area contributed by atoms with Crippen molar-refractivity contribution >= 4 is 23.7 Å². The lowest BCUT2D eigenvalue weighted by Gasteiger charge is -2.31. The summed E-state index contributed by atoms with van der Waals surface area (Å²) in [6, 6.07) is -1.19. The van der Waals surface area contributed by atoms with E-state index in [1.807, 2.05) is 32.8 Å². The van der Waals surface area contributed by atoms with Gasteiger partial charge in [-0.3, -0.25) is 14.5 Å². The summed E-state index contributed by atoms with van der Waals surface area (Å²) in [4.78, 5) is 50.8. The molecule has 0 radical (unpaired) electrons. The number of aromatic nitrogens is 2. The fraction of sp³-hybridized carbons (Fsp3) is 0.611. The molecule has 0 unspecified atom stereocenters. The molecule has 0 aliphatic carbocycles. The number of nitrogens with zero attached hydrogens (tertiary/aromatic N) is 5. The minimum atomic E-state index is -0.776. The molecule has 1 fully saturated rings. The number of imide groups is 1. The van der Waals surface area contributed by atoms with Crippen LogP contribution in [0.2, 0.25) is 0 Å². The molecular weight excluding hydrogens is 348 g/mol. The largest absolute Gasteiger partial charge is 0.362 e. The van der Waals surface area contributed by atoms with Crippen molar-refractivity contribution in [2.24, 2.45) is 0 Å². The molecule has 0 saturated carbocycles. The summed E-state index contributed by atoms with van der Waals surface area (Å²) >= 11 is 0. The zero-order valence-corrected chi connectivity index (χ0v) is 16.3. The van der Waals surface area contributed by atoms with Crippen LogP contribution in [0.4, 0.5) is 10.6 Å². The van der Waals surface area contributed by atoms with Crippen LogP contribution in [-0.2, 0) is 22.6 Å². The molecule has 146 valence electrons. The number of nitrogens with one attached hydrogen (secondary N) is 1. The summed E-state index contributed by atoms with van der Waals surface area (Å²) in [6.45, 7) is 5.05. The van der Waals surface area contributed by atoms with Gasteiger partial charge in [0.1, 0.15) is 17.7 Å². The molecule has 3 heterocycles. The SMILES string of the molecule is CCCN1C(=O)N[C@@H](CC(=O)N2CCc3c(nc(C)nc3N(C)C)C2)C1=O. The summed E-state index contributed by atoms with van der Waals surface area (Å²) in [7, 11) is 3.88. The van der Waals surface area contributed by atoms with E-state index in [1.165, 1.54) is 4.90 Å². The van der Waals surface area contributed by atoms with Crippen molar-refractivity contribution in [2.45, 2.75) is 45.7 Å². The highest BCUT2D eigenvalue weighted by molar-refractivity contribution is 6.05. The molecule has 9 heteroatoms. The minimum absolute atomic E-state index is 0.0231. The number of fused-ring (bicyclic) bond motifs is 1. The Balaban J connectivity index is 1.70. The lowest BCUT2D eigenvalue weighted by molar-refractivity contribution is -0.136. The van der Waals surface area contributed by atoms with E-state index >= 15 is 0 Å². The van der Waals surface area contributed by atoms with E-state index in [1.54, 1.807) is 4.90 Å². The van der Waals surface area contributed by atoms with Crippen LogP contribution in [0.1, 0.15) is 36.8 Å². The monoisotopic (exact) mass is 374 g/mol. The maximum Gasteiger partial charge on any atom is 0.324 e. The van der Waals surface area contributed by atoms with Gasteiger partial charge in [0.2, 0.25) is 5.91 Å². The predicted octanol–water partition coefficient (Wildman–Crippen LogP) is 0.456. The van der Waals surface area contributed by atoms with Crippen LogP contribution in [0.15, 0.2) is 0 Å². The molecule has 4 amide bonds. The zero-order chi connectivity index (χ0) is 19.7. The Morgan fingerprint density at radius 1 is 1.30 bits per heavy atom. The molecule has 1 aromatic heterocycles. The number of rotatable bonds is 5. The van der Waals surface area contributed by atoms with Gasteiger partial charge in [0.15, 0.2) is 0 Å². The van der Waals surface area contributed by atoms with Crippen LogP contribution in [-0.4, -0.2) is 70.8 Å². The Morgan fingerprint density at radius 3 is 2.70 bits per heavy atom. The number of aryl methyl sites for hydroxylation is 1. The fourth-order valence-corrected chi connectivity index (χ4v) is 3.57. The van der Waals surface area contributed by atoms with E-state index in [2.05, 4.69) is 15.3 Å². The standard InChI is InChI=1S/C18H26N6O3/c1-5-7-24-17(26)13(21-18(24)27)9-15(25)23-8-6-12-14(10-23)19-11(2)20-16(12)22(3)4/h13H,5-10H2,1-4H3,(H,21,27)/t13-/m0/s1. The van der Waals surface area contributed by atoms with E-state index in [0.717, 1.165) is 17.1 Å². The van der Waals surface area contributed by atoms with Gasteiger partial charge in [-0.05, 0) is 19.8 Å². The molecular formula is C18H26N6O3. The number of carbonyl (C=O) groups excluding carboxylic acids is 3. The number of amides is 4. The van der Waals surface area contributed by atoms with Crippen LogP contribution in [0.5, 0.6) is 0 Å². The summed E-state index contributed by atoms with van der Waals surface area (Å²) in [5.41, 5.74) is 1.91. The number of urea groups is 1. The van der Waals surface area contributed by atoms with Crippen LogP contribution in [0.3, 0.4) is 0 Å². The highest BCUT2D eigenvalue weighted by atomic mass is 16.2. The normalized spacial score (nSPS) is 19.2. The highest BCUT2D eigenvalue weighted by Gasteiger charge is 2.39. The van der Waals surface area contributed by atoms with E-state index in [-0.39, 0.29) is 18.2 Å². The maximum absolute atomic E-state index is 12.7. The molecule has 3 rings (SSSR count). The van der Waals surface area contributed by atoms with Crippen molar-refractivity contribution in [3.8, 4) is 0 Å². The van der Waals surface area contributed by atoms with Gasteiger partial charge in [0.05, 0.1) is 18.7 Å². The van der Waals surface area contributed by atoms with Crippen LogP contribution >= 0.6 is 0 Å². The second kappa shape index (κ2) is 7.50. The van der Waals surface area contributed by atoms with Crippen molar-refractivity contribution in [1.82, 2.24) is 25.1 Å². The second-order valence-electron chi connectivity index (χ2n) is 7.18. The molecule has 0 spiro atoms. The molecule has 1 aromatic rings. The number of anilines is 1. The summed E-state index contributed by atoms with van der Waals surface area (Å²) in [5, 5.41) is 2.62. The van der Waals surface area contributed by atoms with Crippen LogP contribution < -0.4 is 10.2 Å². The maximum atomic E-state index is 12.7. The molecule has 27 heavy (non-hydrogen) atoms. The van der Waals surface area contributed by atoms with Crippen LogP contribution in [0.25, 0.3) is 0 Å². The van der Waals surface area contributed by atoms with Gasteiger partial charge in [-0.2, -0.15) is 0 Å². The number of hydrogen-bond acceptors (Lipinski definition) is 6. The first-order chi connectivity index (χ1) is 12.8. The predicted molar refractivity (Wildman–Crippen MR) is 99.2 cm³/mol. The Morgan fingerprint density at radius 2 is 2.04 bits per heavy atom. The van der Waals surface area contributed by atoms with Gasteiger partial charge < -0.3 is 15.1 Å². The third-order valence-electron chi connectivity index (χ3n) is 4.86. The first-order valence-electron chi connectivity index (χ1n) is 9.25. The van der Waals surface area contributed by atoms with E-state index in [4.69, 9.17) is 0 Å². The van der Waals surface area contributed by atoms with Gasteiger partial charge in [-0.1, -0.05) is 6.92 Å². The Hall–Kier alpha value is -2.71. The third-order valence-corrected chi connectivity index (χ3v) is 4.86. The van der Waals surface area contributed by atoms with Crippen molar-refractivity contribution in [3.63, 3.8) is 0 Å². The Bertz CT molecular complexity index is 779. The van der Waals surface area contributed by atoms with Gasteiger partial charge in [0, 0.05) is 32.7 Å². The van der Waals surface area contributed by atoms with Crippen molar-refractivity contribution in [1.29, 1.82) is 0 Å². The lowest BCUT2D eigenvalue weighted by atomic mass is 10.0. The van der Waals surface area contributed by atoms with E-state index in [0.29, 0.717) is 38.3 Å². The summed E-state index contributed by atoms with van der Waals surface area (Å²) in [5.74, 6) is 1.08. The molecule has 2 aliphatic rings. The average Bonchev–Trinajstić information content (AvgIpc) is 2.88. The van der Waals surface area contributed by atoms with Crippen LogP contribution in [0, 0.1) is 6.92 Å². The van der Waals surface area contributed by atoms with E-state index < -0.39 is 12.1 Å². The van der Waals surface area contributed by atoms with Gasteiger partial charge in [0.25, 0.3) is 5.91 Å². The summed E-state index contributed by atoms with van der Waals surface area (Å²) in [6.07, 6.45) is 1.34. The topological polar surface area (TPSA) is 98.7 Å². The van der Waals surface area contributed by atoms with Gasteiger partial charge in [-0.15, -0.1) is 0 Å².